The summed E-state index contributed by atoms with van der Waals surface area (Å²) in [6.45, 7) is 8.27. The molecule has 0 fully saturated rings. The van der Waals surface area contributed by atoms with Crippen molar-refractivity contribution in [2.24, 2.45) is 11.8 Å². The minimum Gasteiger partial charge on any atom is -0.481 e. The molecule has 0 aliphatic heterocycles. The van der Waals surface area contributed by atoms with Crippen molar-refractivity contribution < 1.29 is 58.7 Å². The number of aliphatic hydroxyl groups is 2. The monoisotopic (exact) mass is 847 g/mol. The molecule has 0 saturated carbocycles. The van der Waals surface area contributed by atoms with E-state index in [1.165, 1.54) is 13.0 Å². The van der Waals surface area contributed by atoms with Gasteiger partial charge in [0.05, 0.1) is 18.6 Å². The smallest absolute Gasteiger partial charge is 0.326 e. The fourth-order valence-corrected chi connectivity index (χ4v) is 6.26. The van der Waals surface area contributed by atoms with E-state index >= 15 is 0 Å². The molecule has 0 aromatic heterocycles. The first-order chi connectivity index (χ1) is 28.9. The molecule has 0 radical (unpaired) electrons. The van der Waals surface area contributed by atoms with Crippen LogP contribution in [-0.2, 0) is 40.0 Å². The summed E-state index contributed by atoms with van der Waals surface area (Å²) in [6.07, 6.45) is -4.46. The third-order valence-corrected chi connectivity index (χ3v) is 9.54. The van der Waals surface area contributed by atoms with Crippen LogP contribution in [0.5, 0.6) is 11.5 Å². The predicted octanol–water partition coefficient (Wildman–Crippen LogP) is 2.60. The molecule has 61 heavy (non-hydrogen) atoms. The number of ether oxygens (including phenoxy) is 1. The summed E-state index contributed by atoms with van der Waals surface area (Å²) in [5, 5.41) is 53.8. The van der Waals surface area contributed by atoms with Crippen LogP contribution in [0.15, 0.2) is 84.9 Å². The molecular formula is C44H57N5O12. The summed E-state index contributed by atoms with van der Waals surface area (Å²) in [6, 6.07) is 17.4. The van der Waals surface area contributed by atoms with Crippen molar-refractivity contribution >= 4 is 41.5 Å². The molecule has 0 spiro atoms. The lowest BCUT2D eigenvalue weighted by Gasteiger charge is -2.28. The van der Waals surface area contributed by atoms with Gasteiger partial charge in [-0.3, -0.25) is 28.8 Å². The van der Waals surface area contributed by atoms with E-state index in [4.69, 9.17) is 4.74 Å². The Kier molecular flexibility index (Phi) is 19.3. The van der Waals surface area contributed by atoms with Gasteiger partial charge in [0.1, 0.15) is 35.7 Å². The van der Waals surface area contributed by atoms with E-state index in [1.807, 2.05) is 19.9 Å². The van der Waals surface area contributed by atoms with E-state index in [0.717, 1.165) is 0 Å². The van der Waals surface area contributed by atoms with Gasteiger partial charge < -0.3 is 51.7 Å². The highest BCUT2D eigenvalue weighted by Crippen LogP contribution is 2.30. The summed E-state index contributed by atoms with van der Waals surface area (Å²) < 4.78 is 5.89. The number of carbonyl (C=O) groups excluding carboxylic acids is 5. The lowest BCUT2D eigenvalue weighted by molar-refractivity contribution is -0.143. The quantitative estimate of drug-likeness (QED) is 0.0630. The Morgan fingerprint density at radius 1 is 0.639 bits per heavy atom. The van der Waals surface area contributed by atoms with Gasteiger partial charge in [-0.1, -0.05) is 94.4 Å². The lowest BCUT2D eigenvalue weighted by atomic mass is 9.95. The largest absolute Gasteiger partial charge is 0.481 e. The van der Waals surface area contributed by atoms with E-state index in [0.29, 0.717) is 11.3 Å². The van der Waals surface area contributed by atoms with Crippen molar-refractivity contribution in [3.05, 3.63) is 96.1 Å². The zero-order valence-electron chi connectivity index (χ0n) is 34.9. The fourth-order valence-electron chi connectivity index (χ4n) is 6.26. The van der Waals surface area contributed by atoms with Gasteiger partial charge in [0.15, 0.2) is 6.10 Å². The maximum Gasteiger partial charge on any atom is 0.326 e. The summed E-state index contributed by atoms with van der Waals surface area (Å²) in [7, 11) is 0. The number of carboxylic acid groups (broad SMARTS) is 2. The average Bonchev–Trinajstić information content (AvgIpc) is 3.20. The molecular weight excluding hydrogens is 791 g/mol. The summed E-state index contributed by atoms with van der Waals surface area (Å²) in [4.78, 5) is 89.9. The lowest BCUT2D eigenvalue weighted by Crippen LogP contribution is -2.58. The van der Waals surface area contributed by atoms with Crippen LogP contribution in [0.2, 0.25) is 0 Å². The Morgan fingerprint density at radius 2 is 1.23 bits per heavy atom. The first kappa shape index (κ1) is 49.0. The van der Waals surface area contributed by atoms with Gasteiger partial charge in [-0.05, 0) is 55.4 Å². The number of hydrogen-bond donors (Lipinski definition) is 9. The number of rotatable bonds is 24. The summed E-state index contributed by atoms with van der Waals surface area (Å²) in [5.41, 5.74) is 0.793. The number of carbonyl (C=O) groups is 7. The molecule has 9 N–H and O–H groups in total. The Labute approximate surface area is 354 Å². The van der Waals surface area contributed by atoms with Gasteiger partial charge in [-0.25, -0.2) is 4.79 Å². The molecule has 330 valence electrons. The number of benzene rings is 3. The van der Waals surface area contributed by atoms with Crippen molar-refractivity contribution in [2.45, 2.75) is 109 Å². The topological polar surface area (TPSA) is 270 Å². The van der Waals surface area contributed by atoms with E-state index in [1.54, 1.807) is 86.6 Å². The highest BCUT2D eigenvalue weighted by Gasteiger charge is 2.33. The van der Waals surface area contributed by atoms with Crippen LogP contribution in [-0.4, -0.2) is 98.2 Å². The van der Waals surface area contributed by atoms with Crippen molar-refractivity contribution in [3.63, 3.8) is 0 Å². The summed E-state index contributed by atoms with van der Waals surface area (Å²) in [5.74, 6) is -6.66. The van der Waals surface area contributed by atoms with Crippen LogP contribution < -0.4 is 31.3 Å². The number of aliphatic hydroxyl groups excluding tert-OH is 2. The van der Waals surface area contributed by atoms with Gasteiger partial charge in [-0.2, -0.15) is 0 Å². The third-order valence-electron chi connectivity index (χ3n) is 9.54. The third kappa shape index (κ3) is 16.3. The maximum absolute atomic E-state index is 13.4. The van der Waals surface area contributed by atoms with Crippen LogP contribution in [0.3, 0.4) is 0 Å². The van der Waals surface area contributed by atoms with Gasteiger partial charge in [0.25, 0.3) is 5.91 Å². The molecule has 3 aromatic carbocycles. The second-order valence-corrected chi connectivity index (χ2v) is 15.5. The molecule has 2 unspecified atom stereocenters. The Bertz CT molecular complexity index is 1940. The SMILES string of the molecule is CC(C)CC(NC(=O)C(O)c1ccccc1Oc1ccccc1)[C@@H](O)CC(=O)N[C@@H](C(=O)N[C@H](C)C(=O)N[C@H](CCC(=O)O)C(=O)N[C@H](Cc1ccccc1)C(=O)O)C(C)C. The minimum absolute atomic E-state index is 0.0571. The normalized spacial score (nSPS) is 14.6. The van der Waals surface area contributed by atoms with Crippen molar-refractivity contribution in [2.75, 3.05) is 0 Å². The zero-order chi connectivity index (χ0) is 45.2. The van der Waals surface area contributed by atoms with Crippen LogP contribution in [0.4, 0.5) is 0 Å². The molecule has 0 saturated heterocycles. The standard InChI is InChI=1S/C44H57N5O12/c1-25(2)22-32(47-43(58)39(54)30-18-12-13-19-35(30)61-29-16-10-7-11-17-29)34(50)24-36(51)49-38(26(3)4)42(57)45-27(5)40(55)46-31(20-21-37(52)53)41(56)48-33(44(59)60)23-28-14-8-6-9-15-28/h6-19,25-27,31-34,38-39,50,54H,20-24H2,1-5H3,(H,45,57)(H,46,55)(H,47,58)(H,48,56)(H,49,51)(H,52,53)(H,59,60)/t27-,31-,32?,33-,34+,38-,39?/m1/s1. The molecule has 17 nitrogen and oxygen atoms in total. The highest BCUT2D eigenvalue weighted by atomic mass is 16.5. The highest BCUT2D eigenvalue weighted by molar-refractivity contribution is 5.95. The molecule has 7 atom stereocenters. The van der Waals surface area contributed by atoms with Crippen molar-refractivity contribution in [3.8, 4) is 11.5 Å². The Balaban J connectivity index is 1.64. The first-order valence-corrected chi connectivity index (χ1v) is 20.0. The van der Waals surface area contributed by atoms with E-state index in [2.05, 4.69) is 26.6 Å². The number of aliphatic carboxylic acids is 2. The molecule has 0 aliphatic carbocycles. The second kappa shape index (κ2) is 24.1. The Morgan fingerprint density at radius 3 is 1.82 bits per heavy atom. The van der Waals surface area contributed by atoms with Crippen molar-refractivity contribution in [1.82, 2.24) is 26.6 Å². The maximum atomic E-state index is 13.4. The Hall–Kier alpha value is -6.33. The van der Waals surface area contributed by atoms with Crippen LogP contribution in [0.25, 0.3) is 0 Å². The summed E-state index contributed by atoms with van der Waals surface area (Å²) >= 11 is 0. The molecule has 0 heterocycles. The predicted molar refractivity (Wildman–Crippen MR) is 223 cm³/mol. The molecule has 5 amide bonds. The molecule has 17 heteroatoms. The van der Waals surface area contributed by atoms with E-state index in [9.17, 15) is 54.0 Å². The van der Waals surface area contributed by atoms with Crippen LogP contribution in [0.1, 0.15) is 77.5 Å². The van der Waals surface area contributed by atoms with Crippen LogP contribution >= 0.6 is 0 Å². The molecule has 0 aliphatic rings. The number of nitrogens with one attached hydrogen (secondary N) is 5. The van der Waals surface area contributed by atoms with Gasteiger partial charge >= 0.3 is 11.9 Å². The number of amides is 5. The fraction of sp³-hybridized carbons (Fsp3) is 0.432. The van der Waals surface area contributed by atoms with Crippen LogP contribution in [0, 0.1) is 11.8 Å². The first-order valence-electron chi connectivity index (χ1n) is 20.0. The molecule has 0 bridgehead atoms. The second-order valence-electron chi connectivity index (χ2n) is 15.5. The van der Waals surface area contributed by atoms with Gasteiger partial charge in [0, 0.05) is 18.4 Å². The van der Waals surface area contributed by atoms with Gasteiger partial charge in [-0.15, -0.1) is 0 Å². The van der Waals surface area contributed by atoms with E-state index in [-0.39, 0.29) is 36.5 Å². The molecule has 3 rings (SSSR count). The number of hydrogen-bond acceptors (Lipinski definition) is 10. The zero-order valence-corrected chi connectivity index (χ0v) is 34.9. The van der Waals surface area contributed by atoms with E-state index < -0.39 is 103 Å². The number of para-hydroxylation sites is 2. The average molecular weight is 848 g/mol. The van der Waals surface area contributed by atoms with Crippen molar-refractivity contribution in [1.29, 1.82) is 0 Å². The minimum atomic E-state index is -1.69. The number of carboxylic acids is 2. The van der Waals surface area contributed by atoms with Gasteiger partial charge in [0.2, 0.25) is 23.6 Å². The molecule has 3 aromatic rings.